The topological polar surface area (TPSA) is 58.6 Å². The van der Waals surface area contributed by atoms with E-state index in [4.69, 9.17) is 4.74 Å². The van der Waals surface area contributed by atoms with Crippen molar-refractivity contribution in [1.82, 2.24) is 0 Å². The Labute approximate surface area is 130 Å². The highest BCUT2D eigenvalue weighted by atomic mass is 16.5. The molecule has 5 heteroatoms. The number of hydrogen-bond acceptors (Lipinski definition) is 4. The Kier molecular flexibility index (Phi) is 3.81. The molecule has 1 amide bonds. The smallest absolute Gasteiger partial charge is 0.328 e. The number of carbonyl (C=O) groups is 2. The zero-order valence-electron chi connectivity index (χ0n) is 13.3. The summed E-state index contributed by atoms with van der Waals surface area (Å²) in [6, 6.07) is 3.24. The molecule has 2 atom stereocenters. The van der Waals surface area contributed by atoms with Crippen LogP contribution in [0.15, 0.2) is 12.1 Å². The number of aryl methyl sites for hydroxylation is 2. The van der Waals surface area contributed by atoms with E-state index in [0.717, 1.165) is 24.2 Å². The first-order valence-corrected chi connectivity index (χ1v) is 7.86. The summed E-state index contributed by atoms with van der Waals surface area (Å²) in [5.41, 5.74) is 4.37. The molecule has 0 radical (unpaired) electrons. The average Bonchev–Trinajstić information content (AvgIpc) is 2.53. The van der Waals surface area contributed by atoms with Gasteiger partial charge >= 0.3 is 5.97 Å². The lowest BCUT2D eigenvalue weighted by Crippen LogP contribution is -2.52. The Hall–Kier alpha value is -2.04. The number of methoxy groups -OCH3 is 1. The third-order valence-corrected chi connectivity index (χ3v) is 4.63. The first kappa shape index (κ1) is 14.9. The minimum atomic E-state index is -0.623. The van der Waals surface area contributed by atoms with Crippen molar-refractivity contribution in [2.75, 3.05) is 17.3 Å². The van der Waals surface area contributed by atoms with Gasteiger partial charge in [-0.2, -0.15) is 0 Å². The molecule has 118 valence electrons. The minimum absolute atomic E-state index is 0.0961. The Morgan fingerprint density at radius 3 is 2.59 bits per heavy atom. The van der Waals surface area contributed by atoms with Crippen molar-refractivity contribution in [2.24, 2.45) is 0 Å². The molecule has 1 aliphatic heterocycles. The number of benzene rings is 1. The molecule has 0 fully saturated rings. The predicted octanol–water partition coefficient (Wildman–Crippen LogP) is 2.27. The Morgan fingerprint density at radius 2 is 1.95 bits per heavy atom. The van der Waals surface area contributed by atoms with E-state index in [1.54, 1.807) is 11.8 Å². The van der Waals surface area contributed by atoms with Crippen LogP contribution in [0.5, 0.6) is 0 Å². The molecule has 0 aromatic heterocycles. The molecular weight excluding hydrogens is 280 g/mol. The lowest BCUT2D eigenvalue weighted by atomic mass is 9.89. The van der Waals surface area contributed by atoms with Crippen molar-refractivity contribution in [1.29, 1.82) is 0 Å². The fraction of sp³-hybridized carbons (Fsp3) is 0.529. The van der Waals surface area contributed by atoms with Gasteiger partial charge in [-0.1, -0.05) is 0 Å². The van der Waals surface area contributed by atoms with E-state index < -0.39 is 12.0 Å². The predicted molar refractivity (Wildman–Crippen MR) is 85.1 cm³/mol. The second kappa shape index (κ2) is 5.63. The van der Waals surface area contributed by atoms with Gasteiger partial charge in [-0.15, -0.1) is 0 Å². The Bertz CT molecular complexity index is 627. The van der Waals surface area contributed by atoms with E-state index in [-0.39, 0.29) is 11.9 Å². The van der Waals surface area contributed by atoms with Crippen molar-refractivity contribution in [2.45, 2.75) is 51.6 Å². The van der Waals surface area contributed by atoms with Gasteiger partial charge in [0.05, 0.1) is 18.5 Å². The highest BCUT2D eigenvalue weighted by Crippen LogP contribution is 2.37. The van der Waals surface area contributed by atoms with E-state index in [9.17, 15) is 9.59 Å². The summed E-state index contributed by atoms with van der Waals surface area (Å²) in [6.07, 6.45) is 4.50. The quantitative estimate of drug-likeness (QED) is 0.852. The van der Waals surface area contributed by atoms with Crippen molar-refractivity contribution in [3.05, 3.63) is 23.3 Å². The Balaban J connectivity index is 2.08. The number of anilines is 2. The van der Waals surface area contributed by atoms with Gasteiger partial charge in [0.15, 0.2) is 0 Å². The lowest BCUT2D eigenvalue weighted by molar-refractivity contribution is -0.143. The van der Waals surface area contributed by atoms with Gasteiger partial charge in [0, 0.05) is 0 Å². The molecule has 1 N–H and O–H groups in total. The number of fused-ring (bicyclic) bond motifs is 2. The number of nitrogens with zero attached hydrogens (tertiary/aromatic N) is 1. The van der Waals surface area contributed by atoms with Crippen LogP contribution in [0.2, 0.25) is 0 Å². The van der Waals surface area contributed by atoms with Gasteiger partial charge in [0.1, 0.15) is 12.1 Å². The molecule has 5 nitrogen and oxygen atoms in total. The van der Waals surface area contributed by atoms with Crippen LogP contribution in [0.25, 0.3) is 0 Å². The van der Waals surface area contributed by atoms with Crippen molar-refractivity contribution in [3.8, 4) is 0 Å². The molecule has 1 aliphatic carbocycles. The van der Waals surface area contributed by atoms with E-state index >= 15 is 0 Å². The fourth-order valence-electron chi connectivity index (χ4n) is 3.39. The SMILES string of the molecule is COC(=O)C(C)N1C(=O)C(C)Nc2cc3c(cc21)CCCC3. The molecule has 0 bridgehead atoms. The molecule has 0 saturated carbocycles. The molecule has 3 rings (SSSR count). The summed E-state index contributed by atoms with van der Waals surface area (Å²) in [7, 11) is 1.35. The zero-order valence-corrected chi connectivity index (χ0v) is 13.3. The minimum Gasteiger partial charge on any atom is -0.467 e. The number of nitrogens with one attached hydrogen (secondary N) is 1. The molecule has 1 heterocycles. The van der Waals surface area contributed by atoms with Crippen LogP contribution in [0.4, 0.5) is 11.4 Å². The van der Waals surface area contributed by atoms with E-state index in [1.807, 2.05) is 6.92 Å². The molecule has 22 heavy (non-hydrogen) atoms. The van der Waals surface area contributed by atoms with Gasteiger partial charge in [-0.05, 0) is 62.8 Å². The molecule has 2 unspecified atom stereocenters. The van der Waals surface area contributed by atoms with Crippen molar-refractivity contribution in [3.63, 3.8) is 0 Å². The fourth-order valence-corrected chi connectivity index (χ4v) is 3.39. The highest BCUT2D eigenvalue weighted by molar-refractivity contribution is 6.08. The van der Waals surface area contributed by atoms with Gasteiger partial charge in [0.25, 0.3) is 0 Å². The second-order valence-corrected chi connectivity index (χ2v) is 6.12. The molecule has 2 aliphatic rings. The number of esters is 1. The summed E-state index contributed by atoms with van der Waals surface area (Å²) >= 11 is 0. The summed E-state index contributed by atoms with van der Waals surface area (Å²) in [6.45, 7) is 3.53. The van der Waals surface area contributed by atoms with Crippen LogP contribution in [0.1, 0.15) is 37.8 Å². The third-order valence-electron chi connectivity index (χ3n) is 4.63. The maximum absolute atomic E-state index is 12.6. The molecular formula is C17H22N2O3. The van der Waals surface area contributed by atoms with Crippen molar-refractivity contribution < 1.29 is 14.3 Å². The van der Waals surface area contributed by atoms with Crippen LogP contribution in [0.3, 0.4) is 0 Å². The molecule has 1 aromatic rings. The monoisotopic (exact) mass is 302 g/mol. The summed E-state index contributed by atoms with van der Waals surface area (Å²) in [5, 5.41) is 3.26. The average molecular weight is 302 g/mol. The van der Waals surface area contributed by atoms with Crippen molar-refractivity contribution >= 4 is 23.3 Å². The number of hydrogen-bond donors (Lipinski definition) is 1. The van der Waals surface area contributed by atoms with Crippen LogP contribution >= 0.6 is 0 Å². The maximum Gasteiger partial charge on any atom is 0.328 e. The Morgan fingerprint density at radius 1 is 1.32 bits per heavy atom. The van der Waals surface area contributed by atoms with E-state index in [0.29, 0.717) is 0 Å². The number of carbonyl (C=O) groups excluding carboxylic acids is 2. The molecule has 0 spiro atoms. The van der Waals surface area contributed by atoms with Gasteiger partial charge < -0.3 is 10.1 Å². The third kappa shape index (κ3) is 2.34. The first-order chi connectivity index (χ1) is 10.5. The highest BCUT2D eigenvalue weighted by Gasteiger charge is 2.36. The first-order valence-electron chi connectivity index (χ1n) is 7.86. The number of ether oxygens (including phenoxy) is 1. The number of amides is 1. The number of rotatable bonds is 2. The van der Waals surface area contributed by atoms with Gasteiger partial charge in [-0.25, -0.2) is 4.79 Å². The summed E-state index contributed by atoms with van der Waals surface area (Å²) in [5.74, 6) is -0.493. The van der Waals surface area contributed by atoms with E-state index in [2.05, 4.69) is 17.4 Å². The summed E-state index contributed by atoms with van der Waals surface area (Å²) < 4.78 is 4.82. The van der Waals surface area contributed by atoms with Crippen LogP contribution < -0.4 is 10.2 Å². The normalized spacial score (nSPS) is 21.5. The van der Waals surface area contributed by atoms with E-state index in [1.165, 1.54) is 31.1 Å². The largest absolute Gasteiger partial charge is 0.467 e. The van der Waals surface area contributed by atoms with Crippen LogP contribution in [-0.2, 0) is 27.2 Å². The molecule has 0 saturated heterocycles. The maximum atomic E-state index is 12.6. The standard InChI is InChI=1S/C17H22N2O3/c1-10-16(20)19(11(2)17(21)22-3)15-9-13-7-5-4-6-12(13)8-14(15)18-10/h8-11,18H,4-7H2,1-3H3. The van der Waals surface area contributed by atoms with Crippen LogP contribution in [-0.4, -0.2) is 31.1 Å². The summed E-state index contributed by atoms with van der Waals surface area (Å²) in [4.78, 5) is 26.1. The lowest BCUT2D eigenvalue weighted by Gasteiger charge is -2.37. The molecule has 1 aromatic carbocycles. The van der Waals surface area contributed by atoms with Crippen LogP contribution in [0, 0.1) is 0 Å². The van der Waals surface area contributed by atoms with Gasteiger partial charge in [-0.3, -0.25) is 9.69 Å². The second-order valence-electron chi connectivity index (χ2n) is 6.12. The zero-order chi connectivity index (χ0) is 15.9. The van der Waals surface area contributed by atoms with Gasteiger partial charge in [0.2, 0.25) is 5.91 Å².